The molecule has 0 bridgehead atoms. The summed E-state index contributed by atoms with van der Waals surface area (Å²) in [6, 6.07) is 0. The average molecular weight is 204 g/mol. The van der Waals surface area contributed by atoms with E-state index in [9.17, 15) is 0 Å². The maximum absolute atomic E-state index is 7.08. The van der Waals surface area contributed by atoms with Crippen molar-refractivity contribution in [2.75, 3.05) is 33.5 Å². The van der Waals surface area contributed by atoms with Crippen LogP contribution in [0.4, 0.5) is 0 Å². The quantitative estimate of drug-likeness (QED) is 0.323. The molecule has 0 heterocycles. The second-order valence-electron chi connectivity index (χ2n) is 2.93. The molecule has 14 heavy (non-hydrogen) atoms. The Morgan fingerprint density at radius 2 is 2.00 bits per heavy atom. The van der Waals surface area contributed by atoms with Crippen LogP contribution in [-0.2, 0) is 14.2 Å². The van der Waals surface area contributed by atoms with Crippen molar-refractivity contribution in [2.45, 2.75) is 19.4 Å². The Morgan fingerprint density at radius 3 is 2.57 bits per heavy atom. The topological polar surface area (TPSA) is 77.6 Å². The zero-order chi connectivity index (χ0) is 10.8. The summed E-state index contributed by atoms with van der Waals surface area (Å²) in [5, 5.41) is 7.08. The van der Waals surface area contributed by atoms with E-state index in [1.54, 1.807) is 14.0 Å². The van der Waals surface area contributed by atoms with Crippen LogP contribution in [0.15, 0.2) is 0 Å². The summed E-state index contributed by atoms with van der Waals surface area (Å²) >= 11 is 0. The van der Waals surface area contributed by atoms with Gasteiger partial charge >= 0.3 is 0 Å². The number of rotatable bonds is 9. The molecule has 0 rings (SSSR count). The summed E-state index contributed by atoms with van der Waals surface area (Å²) in [5.74, 6) is 0.0605. The molecule has 0 spiro atoms. The Balaban J connectivity index is 3.09. The van der Waals surface area contributed by atoms with E-state index in [1.165, 1.54) is 0 Å². The molecular weight excluding hydrogens is 184 g/mol. The van der Waals surface area contributed by atoms with Gasteiger partial charge in [0.05, 0.1) is 13.2 Å². The van der Waals surface area contributed by atoms with Crippen molar-refractivity contribution in [1.29, 1.82) is 5.41 Å². The van der Waals surface area contributed by atoms with E-state index in [1.807, 2.05) is 0 Å². The number of amidine groups is 1. The molecule has 0 radical (unpaired) electrons. The third-order valence-corrected chi connectivity index (χ3v) is 1.67. The molecule has 1 unspecified atom stereocenters. The minimum atomic E-state index is -0.297. The Hall–Kier alpha value is -0.650. The Morgan fingerprint density at radius 1 is 1.29 bits per heavy atom. The van der Waals surface area contributed by atoms with E-state index in [4.69, 9.17) is 25.4 Å². The third-order valence-electron chi connectivity index (χ3n) is 1.67. The Kier molecular flexibility index (Phi) is 8.51. The van der Waals surface area contributed by atoms with Gasteiger partial charge in [-0.15, -0.1) is 0 Å². The second-order valence-corrected chi connectivity index (χ2v) is 2.93. The van der Waals surface area contributed by atoms with Crippen LogP contribution in [0.2, 0.25) is 0 Å². The van der Waals surface area contributed by atoms with Crippen molar-refractivity contribution in [2.24, 2.45) is 5.73 Å². The lowest BCUT2D eigenvalue weighted by Gasteiger charge is -2.10. The van der Waals surface area contributed by atoms with Gasteiger partial charge in [0.25, 0.3) is 0 Å². The molecule has 0 saturated heterocycles. The minimum Gasteiger partial charge on any atom is -0.385 e. The molecule has 0 aromatic heterocycles. The van der Waals surface area contributed by atoms with Gasteiger partial charge in [-0.1, -0.05) is 0 Å². The van der Waals surface area contributed by atoms with Gasteiger partial charge in [0.15, 0.2) is 0 Å². The number of hydrogen-bond donors (Lipinski definition) is 2. The molecule has 84 valence electrons. The summed E-state index contributed by atoms with van der Waals surface area (Å²) in [7, 11) is 1.64. The highest BCUT2D eigenvalue weighted by atomic mass is 16.5. The first-order chi connectivity index (χ1) is 6.68. The summed E-state index contributed by atoms with van der Waals surface area (Å²) in [6.45, 7) is 4.19. The zero-order valence-corrected chi connectivity index (χ0v) is 8.91. The van der Waals surface area contributed by atoms with Crippen LogP contribution in [-0.4, -0.2) is 45.5 Å². The molecule has 1 atom stereocenters. The smallest absolute Gasteiger partial charge is 0.120 e. The van der Waals surface area contributed by atoms with E-state index < -0.39 is 0 Å². The maximum Gasteiger partial charge on any atom is 0.120 e. The normalized spacial score (nSPS) is 12.7. The first-order valence-corrected chi connectivity index (χ1v) is 4.70. The van der Waals surface area contributed by atoms with Gasteiger partial charge in [0.2, 0.25) is 0 Å². The molecule has 0 aromatic rings. The number of nitrogens with two attached hydrogens (primary N) is 1. The highest BCUT2D eigenvalue weighted by Crippen LogP contribution is 1.92. The van der Waals surface area contributed by atoms with Gasteiger partial charge in [-0.3, -0.25) is 5.41 Å². The summed E-state index contributed by atoms with van der Waals surface area (Å²) < 4.78 is 15.3. The summed E-state index contributed by atoms with van der Waals surface area (Å²) in [6.07, 6.45) is 0.510. The predicted octanol–water partition coefficient (Wildman–Crippen LogP) is 0.381. The lowest BCUT2D eigenvalue weighted by Crippen LogP contribution is -2.28. The van der Waals surface area contributed by atoms with Crippen LogP contribution < -0.4 is 5.73 Å². The van der Waals surface area contributed by atoms with Crippen molar-refractivity contribution >= 4 is 5.84 Å². The van der Waals surface area contributed by atoms with Crippen molar-refractivity contribution in [3.63, 3.8) is 0 Å². The summed E-state index contributed by atoms with van der Waals surface area (Å²) in [4.78, 5) is 0. The molecule has 0 aliphatic rings. The van der Waals surface area contributed by atoms with Crippen molar-refractivity contribution in [1.82, 2.24) is 0 Å². The van der Waals surface area contributed by atoms with Crippen molar-refractivity contribution in [3.05, 3.63) is 0 Å². The van der Waals surface area contributed by atoms with E-state index in [2.05, 4.69) is 0 Å². The van der Waals surface area contributed by atoms with Crippen LogP contribution in [0, 0.1) is 5.41 Å². The van der Waals surface area contributed by atoms with E-state index in [0.29, 0.717) is 26.4 Å². The average Bonchev–Trinajstić information content (AvgIpc) is 2.16. The molecule has 5 heteroatoms. The zero-order valence-electron chi connectivity index (χ0n) is 8.91. The van der Waals surface area contributed by atoms with Crippen LogP contribution in [0.3, 0.4) is 0 Å². The molecule has 3 N–H and O–H groups in total. The van der Waals surface area contributed by atoms with Crippen molar-refractivity contribution < 1.29 is 14.2 Å². The number of nitrogens with one attached hydrogen (secondary N) is 1. The monoisotopic (exact) mass is 204 g/mol. The number of hydrogen-bond acceptors (Lipinski definition) is 4. The van der Waals surface area contributed by atoms with Crippen LogP contribution in [0.25, 0.3) is 0 Å². The number of methoxy groups -OCH3 is 1. The molecule has 0 fully saturated rings. The van der Waals surface area contributed by atoms with Gasteiger partial charge in [-0.05, 0) is 13.3 Å². The fourth-order valence-corrected chi connectivity index (χ4v) is 0.755. The largest absolute Gasteiger partial charge is 0.385 e. The van der Waals surface area contributed by atoms with Crippen LogP contribution >= 0.6 is 0 Å². The molecule has 0 amide bonds. The fraction of sp³-hybridized carbons (Fsp3) is 0.889. The number of ether oxygens (including phenoxy) is 3. The molecule has 0 saturated carbocycles. The van der Waals surface area contributed by atoms with Crippen LogP contribution in [0.5, 0.6) is 0 Å². The first kappa shape index (κ1) is 13.4. The second kappa shape index (κ2) is 8.93. The maximum atomic E-state index is 7.08. The first-order valence-electron chi connectivity index (χ1n) is 4.70. The van der Waals surface area contributed by atoms with E-state index in [0.717, 1.165) is 6.42 Å². The van der Waals surface area contributed by atoms with Gasteiger partial charge in [-0.25, -0.2) is 0 Å². The standard InChI is InChI=1S/C9H20N2O3/c1-8(9(10)11)14-5-3-4-13-7-6-12-2/h8H,3-7H2,1-2H3,(H3,10,11). The third kappa shape index (κ3) is 7.97. The van der Waals surface area contributed by atoms with Gasteiger partial charge in [0, 0.05) is 20.3 Å². The SMILES string of the molecule is COCCOCCCOC(C)C(=N)N. The van der Waals surface area contributed by atoms with Crippen molar-refractivity contribution in [3.8, 4) is 0 Å². The van der Waals surface area contributed by atoms with E-state index >= 15 is 0 Å². The lowest BCUT2D eigenvalue weighted by molar-refractivity contribution is 0.0456. The van der Waals surface area contributed by atoms with Gasteiger partial charge < -0.3 is 19.9 Å². The van der Waals surface area contributed by atoms with Gasteiger partial charge in [-0.2, -0.15) is 0 Å². The molecule has 0 aromatic carbocycles. The molecule has 0 aliphatic heterocycles. The summed E-state index contributed by atoms with van der Waals surface area (Å²) in [5.41, 5.74) is 5.23. The Labute approximate surface area is 85.0 Å². The molecule has 5 nitrogen and oxygen atoms in total. The highest BCUT2D eigenvalue weighted by molar-refractivity contribution is 5.81. The molecule has 0 aliphatic carbocycles. The Bertz CT molecular complexity index is 153. The van der Waals surface area contributed by atoms with E-state index in [-0.39, 0.29) is 11.9 Å². The predicted molar refractivity (Wildman–Crippen MR) is 54.6 cm³/mol. The van der Waals surface area contributed by atoms with Gasteiger partial charge in [0.1, 0.15) is 11.9 Å². The lowest BCUT2D eigenvalue weighted by atomic mass is 10.4. The minimum absolute atomic E-state index is 0.0605. The fourth-order valence-electron chi connectivity index (χ4n) is 0.755. The van der Waals surface area contributed by atoms with Crippen LogP contribution in [0.1, 0.15) is 13.3 Å². The highest BCUT2D eigenvalue weighted by Gasteiger charge is 2.03. The molecular formula is C9H20N2O3.